The van der Waals surface area contributed by atoms with Gasteiger partial charge in [-0.3, -0.25) is 0 Å². The first-order chi connectivity index (χ1) is 10.6. The van der Waals surface area contributed by atoms with Crippen molar-refractivity contribution >= 4 is 27.7 Å². The number of nitrogens with zero attached hydrogens (tertiary/aromatic N) is 2. The Morgan fingerprint density at radius 2 is 2.05 bits per heavy atom. The third-order valence-corrected chi connectivity index (χ3v) is 4.02. The number of aromatic nitrogens is 2. The van der Waals surface area contributed by atoms with Gasteiger partial charge in [0.15, 0.2) is 0 Å². The molecule has 22 heavy (non-hydrogen) atoms. The standard InChI is InChI=1S/C17H21BrN4/c1-11(2)20-17-21-15(13-6-7-13)9-16(22-17)19-10-12-4-3-5-14(18)8-12/h3-5,8-9,11,13H,6-7,10H2,1-2H3,(H2,19,20,21,22). The van der Waals surface area contributed by atoms with Crippen LogP contribution >= 0.6 is 15.9 Å². The maximum absolute atomic E-state index is 4.63. The quantitative estimate of drug-likeness (QED) is 0.793. The minimum Gasteiger partial charge on any atom is -0.366 e. The fraction of sp³-hybridized carbons (Fsp3) is 0.412. The molecule has 0 radical (unpaired) electrons. The van der Waals surface area contributed by atoms with Crippen LogP contribution in [0.1, 0.15) is 43.9 Å². The van der Waals surface area contributed by atoms with Crippen molar-refractivity contribution in [2.45, 2.75) is 45.2 Å². The Morgan fingerprint density at radius 3 is 2.73 bits per heavy atom. The molecule has 1 heterocycles. The minimum absolute atomic E-state index is 0.326. The first-order valence-electron chi connectivity index (χ1n) is 7.74. The molecule has 2 N–H and O–H groups in total. The Bertz CT molecular complexity index is 653. The number of halogens is 1. The van der Waals surface area contributed by atoms with Crippen LogP contribution in [0.15, 0.2) is 34.8 Å². The van der Waals surface area contributed by atoms with Gasteiger partial charge in [-0.1, -0.05) is 28.1 Å². The van der Waals surface area contributed by atoms with E-state index in [2.05, 4.69) is 68.6 Å². The average Bonchev–Trinajstić information content (AvgIpc) is 3.29. The largest absolute Gasteiger partial charge is 0.366 e. The number of anilines is 2. The van der Waals surface area contributed by atoms with Gasteiger partial charge in [0.2, 0.25) is 5.95 Å². The molecule has 2 aromatic rings. The fourth-order valence-corrected chi connectivity index (χ4v) is 2.75. The van der Waals surface area contributed by atoms with Crippen molar-refractivity contribution in [3.05, 3.63) is 46.1 Å². The lowest BCUT2D eigenvalue weighted by molar-refractivity contribution is 0.862. The van der Waals surface area contributed by atoms with Crippen molar-refractivity contribution in [3.63, 3.8) is 0 Å². The molecule has 1 aromatic carbocycles. The summed E-state index contributed by atoms with van der Waals surface area (Å²) in [5.74, 6) is 2.22. The highest BCUT2D eigenvalue weighted by molar-refractivity contribution is 9.10. The summed E-state index contributed by atoms with van der Waals surface area (Å²) >= 11 is 3.50. The van der Waals surface area contributed by atoms with Crippen molar-refractivity contribution in [2.75, 3.05) is 10.6 Å². The Labute approximate surface area is 139 Å². The van der Waals surface area contributed by atoms with Crippen LogP contribution in [0, 0.1) is 0 Å². The zero-order chi connectivity index (χ0) is 15.5. The molecule has 1 aliphatic carbocycles. The van der Waals surface area contributed by atoms with E-state index in [4.69, 9.17) is 0 Å². The highest BCUT2D eigenvalue weighted by Crippen LogP contribution is 2.39. The summed E-state index contributed by atoms with van der Waals surface area (Å²) in [7, 11) is 0. The van der Waals surface area contributed by atoms with Gasteiger partial charge in [-0.25, -0.2) is 4.98 Å². The van der Waals surface area contributed by atoms with Crippen LogP contribution in [0.25, 0.3) is 0 Å². The molecule has 4 nitrogen and oxygen atoms in total. The van der Waals surface area contributed by atoms with E-state index in [1.165, 1.54) is 18.4 Å². The number of rotatable bonds is 6. The fourth-order valence-electron chi connectivity index (χ4n) is 2.31. The van der Waals surface area contributed by atoms with Gasteiger partial charge in [0.05, 0.1) is 5.69 Å². The second-order valence-electron chi connectivity index (χ2n) is 6.06. The third kappa shape index (κ3) is 4.19. The molecule has 0 bridgehead atoms. The van der Waals surface area contributed by atoms with Crippen LogP contribution in [0.3, 0.4) is 0 Å². The second kappa shape index (κ2) is 6.65. The molecule has 3 rings (SSSR count). The topological polar surface area (TPSA) is 49.8 Å². The predicted octanol–water partition coefficient (Wildman–Crippen LogP) is 4.55. The van der Waals surface area contributed by atoms with Crippen LogP contribution in [-0.2, 0) is 6.54 Å². The van der Waals surface area contributed by atoms with Crippen LogP contribution in [0.5, 0.6) is 0 Å². The molecular weight excluding hydrogens is 340 g/mol. The Morgan fingerprint density at radius 1 is 1.23 bits per heavy atom. The van der Waals surface area contributed by atoms with Crippen LogP contribution in [-0.4, -0.2) is 16.0 Å². The zero-order valence-corrected chi connectivity index (χ0v) is 14.5. The molecule has 0 unspecified atom stereocenters. The first-order valence-corrected chi connectivity index (χ1v) is 8.53. The van der Waals surface area contributed by atoms with Gasteiger partial charge in [0.25, 0.3) is 0 Å². The third-order valence-electron chi connectivity index (χ3n) is 3.52. The summed E-state index contributed by atoms with van der Waals surface area (Å²) in [6.45, 7) is 4.95. The Hall–Kier alpha value is -1.62. The smallest absolute Gasteiger partial charge is 0.225 e. The molecule has 0 aliphatic heterocycles. The number of benzene rings is 1. The van der Waals surface area contributed by atoms with Gasteiger partial charge >= 0.3 is 0 Å². The molecule has 116 valence electrons. The van der Waals surface area contributed by atoms with Gasteiger partial charge in [0.1, 0.15) is 5.82 Å². The molecule has 1 aliphatic rings. The van der Waals surface area contributed by atoms with Crippen molar-refractivity contribution in [2.24, 2.45) is 0 Å². The molecular formula is C17H21BrN4. The molecule has 0 atom stereocenters. The van der Waals surface area contributed by atoms with Gasteiger partial charge in [-0.2, -0.15) is 4.98 Å². The molecule has 0 amide bonds. The van der Waals surface area contributed by atoms with Crippen LogP contribution in [0.4, 0.5) is 11.8 Å². The minimum atomic E-state index is 0.326. The maximum atomic E-state index is 4.63. The summed E-state index contributed by atoms with van der Waals surface area (Å²) in [6.07, 6.45) is 2.48. The molecule has 1 aromatic heterocycles. The summed E-state index contributed by atoms with van der Waals surface area (Å²) in [6, 6.07) is 10.7. The van der Waals surface area contributed by atoms with Crippen LogP contribution < -0.4 is 10.6 Å². The van der Waals surface area contributed by atoms with Crippen molar-refractivity contribution in [3.8, 4) is 0 Å². The van der Waals surface area contributed by atoms with Crippen molar-refractivity contribution in [1.82, 2.24) is 9.97 Å². The summed E-state index contributed by atoms with van der Waals surface area (Å²) < 4.78 is 1.09. The van der Waals surface area contributed by atoms with E-state index in [9.17, 15) is 0 Å². The number of hydrogen-bond donors (Lipinski definition) is 2. The van der Waals surface area contributed by atoms with Crippen molar-refractivity contribution < 1.29 is 0 Å². The second-order valence-corrected chi connectivity index (χ2v) is 6.97. The van der Waals surface area contributed by atoms with Gasteiger partial charge in [-0.05, 0) is 44.4 Å². The van der Waals surface area contributed by atoms with E-state index in [0.29, 0.717) is 12.0 Å². The normalized spacial score (nSPS) is 14.2. The molecule has 1 fully saturated rings. The molecule has 1 saturated carbocycles. The van der Waals surface area contributed by atoms with E-state index in [-0.39, 0.29) is 0 Å². The lowest BCUT2D eigenvalue weighted by Gasteiger charge is -2.13. The maximum Gasteiger partial charge on any atom is 0.225 e. The molecule has 5 heteroatoms. The lowest BCUT2D eigenvalue weighted by atomic mass is 10.2. The monoisotopic (exact) mass is 360 g/mol. The Kier molecular flexibility index (Phi) is 4.62. The zero-order valence-electron chi connectivity index (χ0n) is 12.9. The summed E-state index contributed by atoms with van der Waals surface area (Å²) in [4.78, 5) is 9.21. The average molecular weight is 361 g/mol. The highest BCUT2D eigenvalue weighted by atomic mass is 79.9. The number of hydrogen-bond acceptors (Lipinski definition) is 4. The van der Waals surface area contributed by atoms with E-state index >= 15 is 0 Å². The van der Waals surface area contributed by atoms with E-state index in [1.807, 2.05) is 12.1 Å². The predicted molar refractivity (Wildman–Crippen MR) is 94.2 cm³/mol. The number of nitrogens with one attached hydrogen (secondary N) is 2. The van der Waals surface area contributed by atoms with E-state index in [1.54, 1.807) is 0 Å². The summed E-state index contributed by atoms with van der Waals surface area (Å²) in [5, 5.41) is 6.72. The lowest BCUT2D eigenvalue weighted by Crippen LogP contribution is -2.14. The Balaban J connectivity index is 1.75. The van der Waals surface area contributed by atoms with Gasteiger partial charge in [0, 0.05) is 29.0 Å². The summed E-state index contributed by atoms with van der Waals surface area (Å²) in [5.41, 5.74) is 2.37. The molecule has 0 spiro atoms. The van der Waals surface area contributed by atoms with Gasteiger partial charge < -0.3 is 10.6 Å². The van der Waals surface area contributed by atoms with Crippen LogP contribution in [0.2, 0.25) is 0 Å². The van der Waals surface area contributed by atoms with E-state index in [0.717, 1.165) is 28.5 Å². The first kappa shape index (κ1) is 15.3. The molecule has 0 saturated heterocycles. The highest BCUT2D eigenvalue weighted by Gasteiger charge is 2.26. The SMILES string of the molecule is CC(C)Nc1nc(NCc2cccc(Br)c2)cc(C2CC2)n1. The van der Waals surface area contributed by atoms with Gasteiger partial charge in [-0.15, -0.1) is 0 Å². The van der Waals surface area contributed by atoms with Crippen molar-refractivity contribution in [1.29, 1.82) is 0 Å². The van der Waals surface area contributed by atoms with E-state index < -0.39 is 0 Å².